The zero-order chi connectivity index (χ0) is 10.5. The monoisotopic (exact) mass is 212 g/mol. The highest BCUT2D eigenvalue weighted by Crippen LogP contribution is 2.31. The molecule has 1 aliphatic heterocycles. The average molecular weight is 212 g/mol. The molecule has 2 aliphatic rings. The van der Waals surface area contributed by atoms with Gasteiger partial charge in [0, 0.05) is 12.6 Å². The molecular weight excluding hydrogens is 188 g/mol. The Kier molecular flexibility index (Phi) is 4.42. The molecule has 0 aromatic heterocycles. The van der Waals surface area contributed by atoms with Crippen molar-refractivity contribution in [3.05, 3.63) is 0 Å². The Morgan fingerprint density at radius 2 is 2.07 bits per heavy atom. The van der Waals surface area contributed by atoms with Gasteiger partial charge in [0.25, 0.3) is 0 Å². The standard InChI is InChI=1S/C12H24N2O/c13-14-12(10-4-3-5-10)8-7-11-6-1-2-9-15-11/h10-12,14H,1-9,13H2. The van der Waals surface area contributed by atoms with Crippen molar-refractivity contribution >= 4 is 0 Å². The molecule has 15 heavy (non-hydrogen) atoms. The van der Waals surface area contributed by atoms with Crippen LogP contribution in [0.1, 0.15) is 51.4 Å². The number of ether oxygens (including phenoxy) is 1. The first-order chi connectivity index (χ1) is 7.40. The molecule has 0 bridgehead atoms. The molecule has 2 unspecified atom stereocenters. The SMILES string of the molecule is NNC(CCC1CCCCO1)C1CCC1. The Hall–Kier alpha value is -0.120. The molecule has 3 nitrogen and oxygen atoms in total. The molecule has 2 rings (SSSR count). The van der Waals surface area contributed by atoms with Crippen molar-refractivity contribution in [2.45, 2.75) is 63.5 Å². The summed E-state index contributed by atoms with van der Waals surface area (Å²) in [4.78, 5) is 0. The Balaban J connectivity index is 1.65. The van der Waals surface area contributed by atoms with E-state index in [-0.39, 0.29) is 0 Å². The van der Waals surface area contributed by atoms with Gasteiger partial charge < -0.3 is 4.74 Å². The molecule has 3 N–H and O–H groups in total. The summed E-state index contributed by atoms with van der Waals surface area (Å²) in [5, 5.41) is 0. The molecule has 0 aromatic carbocycles. The molecule has 2 atom stereocenters. The van der Waals surface area contributed by atoms with Crippen LogP contribution in [-0.2, 0) is 4.74 Å². The van der Waals surface area contributed by atoms with Crippen LogP contribution >= 0.6 is 0 Å². The third-order valence-electron chi connectivity index (χ3n) is 4.01. The van der Waals surface area contributed by atoms with Gasteiger partial charge in [0.1, 0.15) is 0 Å². The second-order valence-electron chi connectivity index (χ2n) is 5.03. The number of hydrogen-bond acceptors (Lipinski definition) is 3. The van der Waals surface area contributed by atoms with Crippen LogP contribution in [0.2, 0.25) is 0 Å². The van der Waals surface area contributed by atoms with Crippen LogP contribution < -0.4 is 11.3 Å². The molecule has 0 spiro atoms. The van der Waals surface area contributed by atoms with Gasteiger partial charge in [-0.2, -0.15) is 0 Å². The lowest BCUT2D eigenvalue weighted by Crippen LogP contribution is -2.44. The van der Waals surface area contributed by atoms with E-state index in [1.807, 2.05) is 0 Å². The summed E-state index contributed by atoms with van der Waals surface area (Å²) in [6.07, 6.45) is 10.8. The van der Waals surface area contributed by atoms with E-state index in [2.05, 4.69) is 5.43 Å². The van der Waals surface area contributed by atoms with E-state index in [0.717, 1.165) is 12.5 Å². The lowest BCUT2D eigenvalue weighted by atomic mass is 9.78. The van der Waals surface area contributed by atoms with Crippen LogP contribution in [0, 0.1) is 5.92 Å². The van der Waals surface area contributed by atoms with E-state index in [0.29, 0.717) is 12.1 Å². The van der Waals surface area contributed by atoms with Crippen molar-refractivity contribution in [3.8, 4) is 0 Å². The van der Waals surface area contributed by atoms with Gasteiger partial charge in [-0.15, -0.1) is 0 Å². The van der Waals surface area contributed by atoms with Gasteiger partial charge in [-0.05, 0) is 50.9 Å². The largest absolute Gasteiger partial charge is 0.378 e. The van der Waals surface area contributed by atoms with E-state index >= 15 is 0 Å². The van der Waals surface area contributed by atoms with Crippen LogP contribution in [-0.4, -0.2) is 18.8 Å². The summed E-state index contributed by atoms with van der Waals surface area (Å²) in [6, 6.07) is 0.532. The van der Waals surface area contributed by atoms with Gasteiger partial charge in [0.05, 0.1) is 6.10 Å². The van der Waals surface area contributed by atoms with E-state index in [9.17, 15) is 0 Å². The van der Waals surface area contributed by atoms with Gasteiger partial charge in [-0.25, -0.2) is 0 Å². The maximum Gasteiger partial charge on any atom is 0.0575 e. The van der Waals surface area contributed by atoms with Crippen molar-refractivity contribution in [3.63, 3.8) is 0 Å². The number of hydrazine groups is 1. The first kappa shape index (κ1) is 11.4. The lowest BCUT2D eigenvalue weighted by Gasteiger charge is -2.34. The molecule has 0 aromatic rings. The predicted molar refractivity (Wildman–Crippen MR) is 61.3 cm³/mol. The first-order valence-corrected chi connectivity index (χ1v) is 6.48. The van der Waals surface area contributed by atoms with Gasteiger partial charge in [0.15, 0.2) is 0 Å². The van der Waals surface area contributed by atoms with E-state index in [4.69, 9.17) is 10.6 Å². The highest BCUT2D eigenvalue weighted by molar-refractivity contribution is 4.82. The van der Waals surface area contributed by atoms with Crippen molar-refractivity contribution in [1.29, 1.82) is 0 Å². The molecular formula is C12H24N2O. The fraction of sp³-hybridized carbons (Fsp3) is 1.00. The Bertz CT molecular complexity index is 176. The maximum absolute atomic E-state index is 5.74. The average Bonchev–Trinajstić information content (AvgIpc) is 2.23. The minimum Gasteiger partial charge on any atom is -0.378 e. The maximum atomic E-state index is 5.74. The summed E-state index contributed by atoms with van der Waals surface area (Å²) >= 11 is 0. The smallest absolute Gasteiger partial charge is 0.0575 e. The summed E-state index contributed by atoms with van der Waals surface area (Å²) < 4.78 is 5.74. The Morgan fingerprint density at radius 1 is 1.20 bits per heavy atom. The fourth-order valence-electron chi connectivity index (χ4n) is 2.70. The molecule has 88 valence electrons. The number of nitrogens with one attached hydrogen (secondary N) is 1. The number of rotatable bonds is 5. The fourth-order valence-corrected chi connectivity index (χ4v) is 2.70. The highest BCUT2D eigenvalue weighted by atomic mass is 16.5. The second-order valence-corrected chi connectivity index (χ2v) is 5.03. The molecule has 0 radical (unpaired) electrons. The third-order valence-corrected chi connectivity index (χ3v) is 4.01. The molecule has 0 amide bonds. The zero-order valence-electron chi connectivity index (χ0n) is 9.58. The molecule has 1 saturated heterocycles. The second kappa shape index (κ2) is 5.83. The molecule has 1 saturated carbocycles. The first-order valence-electron chi connectivity index (χ1n) is 6.48. The third kappa shape index (κ3) is 3.16. The Morgan fingerprint density at radius 3 is 2.60 bits per heavy atom. The van der Waals surface area contributed by atoms with Crippen LogP contribution in [0.3, 0.4) is 0 Å². The van der Waals surface area contributed by atoms with Crippen LogP contribution in [0.25, 0.3) is 0 Å². The minimum atomic E-state index is 0.509. The molecule has 3 heteroatoms. The van der Waals surface area contributed by atoms with Gasteiger partial charge in [-0.1, -0.05) is 6.42 Å². The van der Waals surface area contributed by atoms with E-state index in [1.54, 1.807) is 0 Å². The normalized spacial score (nSPS) is 29.8. The Labute approximate surface area is 92.7 Å². The van der Waals surface area contributed by atoms with Gasteiger partial charge in [0.2, 0.25) is 0 Å². The summed E-state index contributed by atoms with van der Waals surface area (Å²) in [5.74, 6) is 6.44. The predicted octanol–water partition coefficient (Wildman–Crippen LogP) is 1.97. The van der Waals surface area contributed by atoms with Crippen molar-refractivity contribution in [1.82, 2.24) is 5.43 Å². The quantitative estimate of drug-likeness (QED) is 0.541. The van der Waals surface area contributed by atoms with Crippen LogP contribution in [0.5, 0.6) is 0 Å². The van der Waals surface area contributed by atoms with Crippen LogP contribution in [0.15, 0.2) is 0 Å². The van der Waals surface area contributed by atoms with E-state index < -0.39 is 0 Å². The number of nitrogens with two attached hydrogens (primary N) is 1. The minimum absolute atomic E-state index is 0.509. The number of hydrogen-bond donors (Lipinski definition) is 2. The van der Waals surface area contributed by atoms with E-state index in [1.165, 1.54) is 51.4 Å². The van der Waals surface area contributed by atoms with Crippen molar-refractivity contribution in [2.24, 2.45) is 11.8 Å². The van der Waals surface area contributed by atoms with Crippen molar-refractivity contribution < 1.29 is 4.74 Å². The summed E-state index contributed by atoms with van der Waals surface area (Å²) in [6.45, 7) is 0.967. The topological polar surface area (TPSA) is 47.3 Å². The zero-order valence-corrected chi connectivity index (χ0v) is 9.58. The summed E-state index contributed by atoms with van der Waals surface area (Å²) in [7, 11) is 0. The van der Waals surface area contributed by atoms with Gasteiger partial charge >= 0.3 is 0 Å². The van der Waals surface area contributed by atoms with Gasteiger partial charge in [-0.3, -0.25) is 11.3 Å². The summed E-state index contributed by atoms with van der Waals surface area (Å²) in [5.41, 5.74) is 2.99. The van der Waals surface area contributed by atoms with Crippen LogP contribution in [0.4, 0.5) is 0 Å². The molecule has 2 fully saturated rings. The lowest BCUT2D eigenvalue weighted by molar-refractivity contribution is 0.00643. The molecule has 1 aliphatic carbocycles. The van der Waals surface area contributed by atoms with Crippen molar-refractivity contribution in [2.75, 3.05) is 6.61 Å². The molecule has 1 heterocycles. The highest BCUT2D eigenvalue weighted by Gasteiger charge is 2.27.